The summed E-state index contributed by atoms with van der Waals surface area (Å²) >= 11 is 0. The predicted molar refractivity (Wildman–Crippen MR) is 85.1 cm³/mol. The molecule has 0 aromatic carbocycles. The summed E-state index contributed by atoms with van der Waals surface area (Å²) in [5.74, 6) is -2.22. The molecule has 0 fully saturated rings. The molecule has 0 aliphatic carbocycles. The van der Waals surface area contributed by atoms with E-state index < -0.39 is 25.1 Å². The minimum Gasteiger partial charge on any atom is -0.335 e. The third kappa shape index (κ3) is 6.63. The van der Waals surface area contributed by atoms with E-state index in [1.54, 1.807) is 6.92 Å². The Morgan fingerprint density at radius 2 is 1.50 bits per heavy atom. The van der Waals surface area contributed by atoms with E-state index in [2.05, 4.69) is 6.58 Å². The first-order valence-corrected chi connectivity index (χ1v) is 8.89. The Kier molecular flexibility index (Phi) is 10.6. The van der Waals surface area contributed by atoms with Crippen molar-refractivity contribution in [3.05, 3.63) is 12.2 Å². The van der Waals surface area contributed by atoms with Crippen molar-refractivity contribution in [1.82, 2.24) is 0 Å². The zero-order valence-corrected chi connectivity index (χ0v) is 15.1. The molecule has 0 heterocycles. The van der Waals surface area contributed by atoms with Gasteiger partial charge in [0, 0.05) is 32.0 Å². The van der Waals surface area contributed by atoms with E-state index >= 15 is 0 Å². The average Bonchev–Trinajstić information content (AvgIpc) is 2.46. The summed E-state index contributed by atoms with van der Waals surface area (Å²) < 4.78 is 34.7. The van der Waals surface area contributed by atoms with Crippen LogP contribution in [0.25, 0.3) is 0 Å². The van der Waals surface area contributed by atoms with Crippen LogP contribution in [0.1, 0.15) is 41.0 Å². The van der Waals surface area contributed by atoms with E-state index in [1.165, 1.54) is 6.92 Å². The van der Waals surface area contributed by atoms with E-state index in [0.29, 0.717) is 26.4 Å². The Hall–Kier alpha value is -0.650. The Morgan fingerprint density at radius 3 is 1.82 bits per heavy atom. The maximum Gasteiger partial charge on any atom is 0.451 e. The molecule has 0 aliphatic heterocycles. The maximum atomic E-state index is 12.4. The van der Waals surface area contributed by atoms with Crippen LogP contribution in [-0.2, 0) is 28.3 Å². The molecular formula is C15H28O6P+. The van der Waals surface area contributed by atoms with Gasteiger partial charge in [-0.15, -0.1) is 0 Å². The van der Waals surface area contributed by atoms with Gasteiger partial charge in [-0.2, -0.15) is 0 Å². The molecule has 2 unspecified atom stereocenters. The highest BCUT2D eigenvalue weighted by atomic mass is 31.1. The van der Waals surface area contributed by atoms with Gasteiger partial charge in [0.2, 0.25) is 0 Å². The molecule has 0 N–H and O–H groups in total. The first kappa shape index (κ1) is 21.4. The second-order valence-electron chi connectivity index (χ2n) is 4.51. The first-order chi connectivity index (χ1) is 10.4. The van der Waals surface area contributed by atoms with Gasteiger partial charge in [-0.05, 0) is 34.6 Å². The number of carbonyl (C=O) groups excluding carboxylic acids is 1. The summed E-state index contributed by atoms with van der Waals surface area (Å²) in [6, 6.07) is 0. The smallest absolute Gasteiger partial charge is 0.335 e. The zero-order chi connectivity index (χ0) is 17.2. The van der Waals surface area contributed by atoms with E-state index in [0.717, 1.165) is 0 Å². The maximum absolute atomic E-state index is 12.4. The molecular weight excluding hydrogens is 307 g/mol. The summed E-state index contributed by atoms with van der Waals surface area (Å²) in [6.45, 7) is 13.6. The van der Waals surface area contributed by atoms with E-state index in [1.807, 2.05) is 20.8 Å². The highest BCUT2D eigenvalue weighted by Crippen LogP contribution is 2.39. The molecule has 0 aromatic heterocycles. The van der Waals surface area contributed by atoms with E-state index in [9.17, 15) is 9.36 Å². The summed E-state index contributed by atoms with van der Waals surface area (Å²) in [5, 5.41) is 0. The quantitative estimate of drug-likeness (QED) is 0.292. The number of hydrogen-bond donors (Lipinski definition) is 0. The summed E-state index contributed by atoms with van der Waals surface area (Å²) in [4.78, 5) is 11.9. The molecule has 0 radical (unpaired) electrons. The molecule has 0 rings (SSSR count). The van der Waals surface area contributed by atoms with Crippen molar-refractivity contribution in [2.24, 2.45) is 0 Å². The molecule has 2 atom stereocenters. The highest BCUT2D eigenvalue weighted by Gasteiger charge is 2.48. The van der Waals surface area contributed by atoms with Crippen molar-refractivity contribution >= 4 is 13.3 Å². The van der Waals surface area contributed by atoms with E-state index in [4.69, 9.17) is 18.9 Å². The van der Waals surface area contributed by atoms with Crippen LogP contribution in [0.15, 0.2) is 12.2 Å². The monoisotopic (exact) mass is 335 g/mol. The van der Waals surface area contributed by atoms with Gasteiger partial charge in [0.25, 0.3) is 11.8 Å². The lowest BCUT2D eigenvalue weighted by molar-refractivity contribution is -0.383. The van der Waals surface area contributed by atoms with Crippen molar-refractivity contribution in [3.63, 3.8) is 0 Å². The van der Waals surface area contributed by atoms with Gasteiger partial charge in [0.05, 0.1) is 0 Å². The fraction of sp³-hybridized carbons (Fsp3) is 0.800. The molecule has 128 valence electrons. The van der Waals surface area contributed by atoms with Crippen LogP contribution in [-0.4, -0.2) is 43.8 Å². The van der Waals surface area contributed by atoms with Crippen molar-refractivity contribution in [3.8, 4) is 0 Å². The number of rotatable bonds is 13. The SMILES string of the molecule is C=C(C)C(=O)[P+](=O)C(CC(OCC)(OCC)OCC)OCC. The number of allylic oxidation sites excluding steroid dienone is 1. The van der Waals surface area contributed by atoms with Gasteiger partial charge in [-0.25, -0.2) is 4.79 Å². The fourth-order valence-electron chi connectivity index (χ4n) is 1.90. The number of carbonyl (C=O) groups is 1. The summed E-state index contributed by atoms with van der Waals surface area (Å²) in [6.07, 6.45) is 0.0462. The van der Waals surface area contributed by atoms with E-state index in [-0.39, 0.29) is 12.0 Å². The molecule has 7 heteroatoms. The molecule has 0 amide bonds. The predicted octanol–water partition coefficient (Wildman–Crippen LogP) is 3.43. The van der Waals surface area contributed by atoms with Gasteiger partial charge in [0.1, 0.15) is 6.42 Å². The Morgan fingerprint density at radius 1 is 1.05 bits per heavy atom. The van der Waals surface area contributed by atoms with Crippen molar-refractivity contribution in [1.29, 1.82) is 0 Å². The lowest BCUT2D eigenvalue weighted by atomic mass is 10.3. The Bertz CT molecular complexity index is 365. The highest BCUT2D eigenvalue weighted by molar-refractivity contribution is 7.65. The lowest BCUT2D eigenvalue weighted by Crippen LogP contribution is -2.42. The molecule has 0 spiro atoms. The molecule has 0 saturated heterocycles. The van der Waals surface area contributed by atoms with Crippen LogP contribution in [0.3, 0.4) is 0 Å². The van der Waals surface area contributed by atoms with Gasteiger partial charge < -0.3 is 18.9 Å². The molecule has 0 bridgehead atoms. The number of ether oxygens (including phenoxy) is 4. The third-order valence-electron chi connectivity index (χ3n) is 2.70. The minimum atomic E-state index is -2.30. The van der Waals surface area contributed by atoms with Gasteiger partial charge in [0.15, 0.2) is 0 Å². The van der Waals surface area contributed by atoms with Crippen LogP contribution in [0.2, 0.25) is 0 Å². The molecule has 6 nitrogen and oxygen atoms in total. The molecule has 0 aliphatic rings. The van der Waals surface area contributed by atoms with Crippen LogP contribution in [0, 0.1) is 0 Å². The summed E-state index contributed by atoms with van der Waals surface area (Å²) in [5.41, 5.74) is -0.271. The van der Waals surface area contributed by atoms with Gasteiger partial charge >= 0.3 is 13.3 Å². The van der Waals surface area contributed by atoms with Crippen LogP contribution >= 0.6 is 7.80 Å². The second kappa shape index (κ2) is 11.0. The van der Waals surface area contributed by atoms with Crippen LogP contribution < -0.4 is 0 Å². The lowest BCUT2D eigenvalue weighted by Gasteiger charge is -2.32. The van der Waals surface area contributed by atoms with Crippen molar-refractivity contribution in [2.45, 2.75) is 52.9 Å². The Labute approximate surface area is 133 Å². The molecule has 0 aromatic rings. The van der Waals surface area contributed by atoms with Gasteiger partial charge in [-0.1, -0.05) is 11.1 Å². The number of hydrogen-bond acceptors (Lipinski definition) is 6. The standard InChI is InChI=1S/C15H28O6P/c1-7-18-13(22(17)14(16)12(5)6)11-15(19-8-2,20-9-3)21-10-4/h13H,5,7-11H2,1-4,6H3/q+1. The molecule has 22 heavy (non-hydrogen) atoms. The molecule has 0 saturated carbocycles. The fourth-order valence-corrected chi connectivity index (χ4v) is 3.21. The Balaban J connectivity index is 5.31. The topological polar surface area (TPSA) is 71.1 Å². The van der Waals surface area contributed by atoms with Gasteiger partial charge in [-0.3, -0.25) is 0 Å². The van der Waals surface area contributed by atoms with Crippen molar-refractivity contribution in [2.75, 3.05) is 26.4 Å². The second-order valence-corrected chi connectivity index (χ2v) is 6.14. The average molecular weight is 335 g/mol. The summed E-state index contributed by atoms with van der Waals surface area (Å²) in [7, 11) is -2.30. The van der Waals surface area contributed by atoms with Crippen LogP contribution in [0.5, 0.6) is 0 Å². The normalized spacial score (nSPS) is 13.8. The third-order valence-corrected chi connectivity index (χ3v) is 4.34. The zero-order valence-electron chi connectivity index (χ0n) is 14.2. The largest absolute Gasteiger partial charge is 0.451 e. The minimum absolute atomic E-state index is 0.0462. The van der Waals surface area contributed by atoms with Crippen molar-refractivity contribution < 1.29 is 28.3 Å². The van der Waals surface area contributed by atoms with Crippen LogP contribution in [0.4, 0.5) is 0 Å². The first-order valence-electron chi connectivity index (χ1n) is 7.57.